The van der Waals surface area contributed by atoms with Crippen LogP contribution in [0, 0.1) is 6.92 Å². The molecule has 1 fully saturated rings. The van der Waals surface area contributed by atoms with Gasteiger partial charge >= 0.3 is 6.61 Å². The lowest BCUT2D eigenvalue weighted by molar-refractivity contribution is -0.0502. The molecule has 0 aliphatic heterocycles. The molecule has 5 rings (SSSR count). The molecule has 1 unspecified atom stereocenters. The second-order valence-electron chi connectivity index (χ2n) is 11.2. The minimum absolute atomic E-state index is 0.0789. The molecule has 1 aliphatic rings. The van der Waals surface area contributed by atoms with Gasteiger partial charge in [0.15, 0.2) is 0 Å². The predicted molar refractivity (Wildman–Crippen MR) is 148 cm³/mol. The van der Waals surface area contributed by atoms with Crippen LogP contribution in [-0.2, 0) is 11.5 Å². The smallest absolute Gasteiger partial charge is 0.387 e. The van der Waals surface area contributed by atoms with Gasteiger partial charge in [0, 0.05) is 32.4 Å². The molecule has 2 atom stereocenters. The zero-order valence-corrected chi connectivity index (χ0v) is 23.4. The summed E-state index contributed by atoms with van der Waals surface area (Å²) in [7, 11) is -1.20. The van der Waals surface area contributed by atoms with E-state index in [-0.39, 0.29) is 29.9 Å². The Kier molecular flexibility index (Phi) is 7.54. The maximum absolute atomic E-state index is 12.5. The number of fused-ring (bicyclic) bond motifs is 1. The van der Waals surface area contributed by atoms with Crippen molar-refractivity contribution >= 4 is 30.6 Å². The monoisotopic (exact) mass is 554 g/mol. The molecule has 2 aromatic heterocycles. The fourth-order valence-electron chi connectivity index (χ4n) is 4.58. The Morgan fingerprint density at radius 3 is 2.69 bits per heavy atom. The number of ether oxygens (including phenoxy) is 2. The number of nitrogens with one attached hydrogen (secondary N) is 1. The van der Waals surface area contributed by atoms with E-state index >= 15 is 0 Å². The second-order valence-corrected chi connectivity index (χ2v) is 16.8. The number of rotatable bonds is 11. The Balaban J connectivity index is 1.24. The Hall–Kier alpha value is -3.57. The highest BCUT2D eigenvalue weighted by Gasteiger charge is 2.44. The van der Waals surface area contributed by atoms with Crippen molar-refractivity contribution in [3.8, 4) is 5.75 Å². The molecule has 8 nitrogen and oxygen atoms in total. The summed E-state index contributed by atoms with van der Waals surface area (Å²) >= 11 is 0. The fourth-order valence-corrected chi connectivity index (χ4v) is 5.33. The molecule has 2 aromatic carbocycles. The zero-order chi connectivity index (χ0) is 27.7. The van der Waals surface area contributed by atoms with Crippen LogP contribution >= 0.6 is 0 Å². The highest BCUT2D eigenvalue weighted by molar-refractivity contribution is 6.76. The van der Waals surface area contributed by atoms with Gasteiger partial charge in [0.2, 0.25) is 5.89 Å². The van der Waals surface area contributed by atoms with E-state index < -0.39 is 14.7 Å². The van der Waals surface area contributed by atoms with Gasteiger partial charge in [-0.15, -0.1) is 0 Å². The first kappa shape index (κ1) is 27.0. The lowest BCUT2D eigenvalue weighted by Gasteiger charge is -2.16. The van der Waals surface area contributed by atoms with Crippen LogP contribution in [-0.4, -0.2) is 36.0 Å². The van der Waals surface area contributed by atoms with Gasteiger partial charge in [0.25, 0.3) is 11.5 Å². The standard InChI is InChI=1S/C28H32F2N4O4Si/c1-17-13-20(7-9-24(17)37-27(29)30)31-28-32-26(38-33-28)22-15-21(22)18-5-8-23-19(14-18)6-10-25(35)34(23)16-36-11-12-39(2,3)4/h5-10,13-14,21-22,27H,11-12,15-16H2,1-4H3,(H,31,33)/t21-,22?/m0/s1. The summed E-state index contributed by atoms with van der Waals surface area (Å²) in [5.74, 6) is 1.30. The molecule has 206 valence electrons. The van der Waals surface area contributed by atoms with Crippen molar-refractivity contribution in [1.29, 1.82) is 0 Å². The van der Waals surface area contributed by atoms with Gasteiger partial charge in [-0.05, 0) is 83.4 Å². The average Bonchev–Trinajstić information content (AvgIpc) is 3.54. The molecule has 2 heterocycles. The van der Waals surface area contributed by atoms with Crippen LogP contribution in [0.15, 0.2) is 57.8 Å². The van der Waals surface area contributed by atoms with Crippen molar-refractivity contribution < 1.29 is 22.8 Å². The molecular weight excluding hydrogens is 522 g/mol. The average molecular weight is 555 g/mol. The van der Waals surface area contributed by atoms with Gasteiger partial charge in [-0.25, -0.2) is 0 Å². The molecule has 1 saturated carbocycles. The summed E-state index contributed by atoms with van der Waals surface area (Å²) in [6, 6.07) is 15.4. The van der Waals surface area contributed by atoms with Crippen molar-refractivity contribution in [2.24, 2.45) is 0 Å². The van der Waals surface area contributed by atoms with Gasteiger partial charge < -0.3 is 19.3 Å². The first-order chi connectivity index (χ1) is 18.6. The summed E-state index contributed by atoms with van der Waals surface area (Å²) in [6.45, 7) is 6.60. The molecule has 0 radical (unpaired) electrons. The fraction of sp³-hybridized carbons (Fsp3) is 0.393. The molecule has 0 spiro atoms. The van der Waals surface area contributed by atoms with Crippen LogP contribution in [0.2, 0.25) is 25.7 Å². The van der Waals surface area contributed by atoms with Crippen LogP contribution in [0.3, 0.4) is 0 Å². The summed E-state index contributed by atoms with van der Waals surface area (Å²) in [4.78, 5) is 17.0. The molecule has 4 aromatic rings. The summed E-state index contributed by atoms with van der Waals surface area (Å²) in [6.07, 6.45) is 0.880. The van der Waals surface area contributed by atoms with Gasteiger partial charge in [0.1, 0.15) is 12.5 Å². The Labute approximate surface area is 226 Å². The quantitative estimate of drug-likeness (QED) is 0.165. The number of nitrogens with zero attached hydrogens (tertiary/aromatic N) is 3. The first-order valence-electron chi connectivity index (χ1n) is 12.9. The number of hydrogen-bond acceptors (Lipinski definition) is 7. The van der Waals surface area contributed by atoms with Crippen molar-refractivity contribution in [1.82, 2.24) is 14.7 Å². The third kappa shape index (κ3) is 6.54. The molecule has 1 N–H and O–H groups in total. The summed E-state index contributed by atoms with van der Waals surface area (Å²) in [5, 5.41) is 8.05. The van der Waals surface area contributed by atoms with E-state index in [1.54, 1.807) is 29.7 Å². The van der Waals surface area contributed by atoms with E-state index in [0.29, 0.717) is 29.7 Å². The number of aromatic nitrogens is 3. The molecule has 1 aliphatic carbocycles. The van der Waals surface area contributed by atoms with Gasteiger partial charge in [-0.3, -0.25) is 9.36 Å². The van der Waals surface area contributed by atoms with E-state index in [0.717, 1.165) is 28.9 Å². The third-order valence-corrected chi connectivity index (χ3v) is 8.56. The van der Waals surface area contributed by atoms with Gasteiger partial charge in [0.05, 0.1) is 5.52 Å². The van der Waals surface area contributed by atoms with E-state index in [1.165, 1.54) is 6.07 Å². The summed E-state index contributed by atoms with van der Waals surface area (Å²) in [5.41, 5.74) is 3.12. The maximum Gasteiger partial charge on any atom is 0.387 e. The minimum Gasteiger partial charge on any atom is -0.435 e. The molecule has 0 saturated heterocycles. The number of halogens is 2. The number of anilines is 2. The van der Waals surface area contributed by atoms with Crippen molar-refractivity contribution in [3.63, 3.8) is 0 Å². The minimum atomic E-state index is -2.88. The van der Waals surface area contributed by atoms with E-state index in [2.05, 4.69) is 45.9 Å². The highest BCUT2D eigenvalue weighted by atomic mass is 28.3. The molecular formula is C28H32F2N4O4Si. The van der Waals surface area contributed by atoms with Crippen molar-refractivity contribution in [2.45, 2.75) is 64.2 Å². The zero-order valence-electron chi connectivity index (χ0n) is 22.4. The van der Waals surface area contributed by atoms with Crippen LogP contribution in [0.1, 0.15) is 35.3 Å². The van der Waals surface area contributed by atoms with Crippen molar-refractivity contribution in [3.05, 3.63) is 75.9 Å². The number of benzene rings is 2. The van der Waals surface area contributed by atoms with Crippen LogP contribution in [0.25, 0.3) is 10.9 Å². The Bertz CT molecular complexity index is 1530. The maximum atomic E-state index is 12.5. The Morgan fingerprint density at radius 2 is 1.95 bits per heavy atom. The lowest BCUT2D eigenvalue weighted by atomic mass is 10.1. The van der Waals surface area contributed by atoms with Crippen molar-refractivity contribution in [2.75, 3.05) is 11.9 Å². The van der Waals surface area contributed by atoms with E-state index in [1.807, 2.05) is 18.2 Å². The molecule has 39 heavy (non-hydrogen) atoms. The summed E-state index contributed by atoms with van der Waals surface area (Å²) < 4.78 is 42.5. The molecule has 0 amide bonds. The molecule has 11 heteroatoms. The van der Waals surface area contributed by atoms with E-state index in [9.17, 15) is 13.6 Å². The van der Waals surface area contributed by atoms with Crippen LogP contribution < -0.4 is 15.6 Å². The van der Waals surface area contributed by atoms with E-state index in [4.69, 9.17) is 9.26 Å². The SMILES string of the molecule is Cc1cc(Nc2noc(C3C[C@H]3c3ccc4c(ccc(=O)n4COCC[Si](C)(C)C)c3)n2)ccc1OC(F)F. The van der Waals surface area contributed by atoms with Crippen LogP contribution in [0.5, 0.6) is 5.75 Å². The Morgan fingerprint density at radius 1 is 1.13 bits per heavy atom. The normalized spacial score (nSPS) is 17.1. The first-order valence-corrected chi connectivity index (χ1v) is 16.7. The number of pyridine rings is 1. The predicted octanol–water partition coefficient (Wildman–Crippen LogP) is 6.62. The molecule has 0 bridgehead atoms. The number of hydrogen-bond donors (Lipinski definition) is 1. The van der Waals surface area contributed by atoms with Gasteiger partial charge in [-0.1, -0.05) is 25.7 Å². The second kappa shape index (κ2) is 10.9. The number of alkyl halides is 2. The third-order valence-electron chi connectivity index (χ3n) is 6.86. The lowest BCUT2D eigenvalue weighted by Crippen LogP contribution is -2.24. The van der Waals surface area contributed by atoms with Crippen LogP contribution in [0.4, 0.5) is 20.4 Å². The largest absolute Gasteiger partial charge is 0.435 e. The topological polar surface area (TPSA) is 91.4 Å². The number of aryl methyl sites for hydroxylation is 1. The van der Waals surface area contributed by atoms with Gasteiger partial charge in [-0.2, -0.15) is 13.8 Å². The highest BCUT2D eigenvalue weighted by Crippen LogP contribution is 2.54.